The lowest BCUT2D eigenvalue weighted by Gasteiger charge is -2.24. The van der Waals surface area contributed by atoms with Gasteiger partial charge < -0.3 is 14.4 Å². The van der Waals surface area contributed by atoms with E-state index in [1.165, 1.54) is 43.5 Å². The molecule has 0 spiro atoms. The topological polar surface area (TPSA) is 42.0 Å². The smallest absolute Gasteiger partial charge is 0.410 e. The van der Waals surface area contributed by atoms with Crippen LogP contribution in [0.2, 0.25) is 5.02 Å². The Kier molecular flexibility index (Phi) is 4.55. The Morgan fingerprint density at radius 2 is 2.08 bits per heavy atom. The molecule has 4 rings (SSSR count). The van der Waals surface area contributed by atoms with E-state index in [0.717, 1.165) is 12.2 Å². The molecule has 2 aliphatic heterocycles. The highest BCUT2D eigenvalue weighted by Gasteiger charge is 2.30. The van der Waals surface area contributed by atoms with Crippen molar-refractivity contribution < 1.29 is 14.3 Å². The maximum absolute atomic E-state index is 11.4. The van der Waals surface area contributed by atoms with Gasteiger partial charge in [-0.15, -0.1) is 0 Å². The van der Waals surface area contributed by atoms with Crippen LogP contribution in [0.4, 0.5) is 4.79 Å². The summed E-state index contributed by atoms with van der Waals surface area (Å²) in [4.78, 5) is 15.7. The Morgan fingerprint density at radius 1 is 1.25 bits per heavy atom. The van der Waals surface area contributed by atoms with Gasteiger partial charge in [0.2, 0.25) is 0 Å². The molecule has 0 radical (unpaired) electrons. The van der Waals surface area contributed by atoms with Gasteiger partial charge in [0.05, 0.1) is 18.1 Å². The second kappa shape index (κ2) is 6.81. The molecule has 1 amide bonds. The van der Waals surface area contributed by atoms with E-state index in [2.05, 4.69) is 17.0 Å². The van der Waals surface area contributed by atoms with Crippen LogP contribution >= 0.6 is 11.6 Å². The summed E-state index contributed by atoms with van der Waals surface area (Å²) in [6, 6.07) is 4.70. The molecule has 130 valence electrons. The van der Waals surface area contributed by atoms with Gasteiger partial charge in [-0.3, -0.25) is 4.90 Å². The number of carbonyl (C=O) groups is 1. The van der Waals surface area contributed by atoms with Crippen molar-refractivity contribution in [3.05, 3.63) is 28.3 Å². The second-order valence-electron chi connectivity index (χ2n) is 6.73. The number of aryl methyl sites for hydroxylation is 1. The molecule has 5 nitrogen and oxygen atoms in total. The minimum absolute atomic E-state index is 0.257. The summed E-state index contributed by atoms with van der Waals surface area (Å²) < 4.78 is 10.8. The number of amides is 1. The minimum Gasteiger partial charge on any atom is -0.490 e. The third kappa shape index (κ3) is 3.07. The summed E-state index contributed by atoms with van der Waals surface area (Å²) in [7, 11) is 0. The number of fused-ring (bicyclic) bond motifs is 1. The molecule has 2 heterocycles. The third-order valence-corrected chi connectivity index (χ3v) is 5.58. The number of halogens is 1. The number of hydrogen-bond donors (Lipinski definition) is 0. The zero-order chi connectivity index (χ0) is 16.5. The number of benzene rings is 1. The monoisotopic (exact) mass is 350 g/mol. The number of ether oxygens (including phenoxy) is 2. The summed E-state index contributed by atoms with van der Waals surface area (Å²) in [5.41, 5.74) is 2.73. The number of likely N-dealkylation sites (tertiary alicyclic amines) is 1. The molecule has 1 aromatic carbocycles. The van der Waals surface area contributed by atoms with E-state index in [1.54, 1.807) is 4.90 Å². The highest BCUT2D eigenvalue weighted by Crippen LogP contribution is 2.41. The molecule has 1 atom stereocenters. The van der Waals surface area contributed by atoms with Gasteiger partial charge in [0.1, 0.15) is 19.0 Å². The van der Waals surface area contributed by atoms with E-state index >= 15 is 0 Å². The molecule has 6 heteroatoms. The molecular formula is C18H23ClN2O3. The van der Waals surface area contributed by atoms with Gasteiger partial charge in [-0.2, -0.15) is 0 Å². The first-order valence-electron chi connectivity index (χ1n) is 8.83. The predicted octanol–water partition coefficient (Wildman–Crippen LogP) is 3.25. The Labute approximate surface area is 147 Å². The van der Waals surface area contributed by atoms with E-state index in [-0.39, 0.29) is 6.09 Å². The van der Waals surface area contributed by atoms with Crippen molar-refractivity contribution in [3.63, 3.8) is 0 Å². The first kappa shape index (κ1) is 16.0. The molecule has 0 saturated carbocycles. The fourth-order valence-electron chi connectivity index (χ4n) is 4.02. The Morgan fingerprint density at radius 3 is 2.83 bits per heavy atom. The summed E-state index contributed by atoms with van der Waals surface area (Å²) in [5.74, 6) is 0.727. The summed E-state index contributed by atoms with van der Waals surface area (Å²) in [6.07, 6.45) is 4.61. The van der Waals surface area contributed by atoms with Crippen LogP contribution in [0, 0.1) is 0 Å². The molecule has 3 aliphatic rings. The van der Waals surface area contributed by atoms with Gasteiger partial charge in [-0.25, -0.2) is 4.79 Å². The number of carbonyl (C=O) groups excluding carboxylic acids is 1. The van der Waals surface area contributed by atoms with Crippen LogP contribution in [0.25, 0.3) is 0 Å². The number of nitrogens with zero attached hydrogens (tertiary/aromatic N) is 2. The Bertz CT molecular complexity index is 631. The SMILES string of the molecule is O=C1OCCN1CCOc1cc2c(cc1Cl)C(N1CCCC1)CC2. The maximum atomic E-state index is 11.4. The van der Waals surface area contributed by atoms with Gasteiger partial charge in [-0.05, 0) is 62.0 Å². The van der Waals surface area contributed by atoms with Crippen LogP contribution in [0.5, 0.6) is 5.75 Å². The average molecular weight is 351 g/mol. The quantitative estimate of drug-likeness (QED) is 0.817. The lowest BCUT2D eigenvalue weighted by molar-refractivity contribution is 0.153. The zero-order valence-electron chi connectivity index (χ0n) is 13.8. The molecule has 24 heavy (non-hydrogen) atoms. The lowest BCUT2D eigenvalue weighted by Crippen LogP contribution is -2.29. The van der Waals surface area contributed by atoms with Gasteiger partial charge in [-0.1, -0.05) is 11.6 Å². The number of rotatable bonds is 5. The van der Waals surface area contributed by atoms with E-state index in [4.69, 9.17) is 21.1 Å². The Balaban J connectivity index is 1.41. The van der Waals surface area contributed by atoms with Gasteiger partial charge in [0.25, 0.3) is 0 Å². The highest BCUT2D eigenvalue weighted by molar-refractivity contribution is 6.32. The summed E-state index contributed by atoms with van der Waals surface area (Å²) in [5, 5.41) is 0.670. The van der Waals surface area contributed by atoms with E-state index in [0.29, 0.717) is 37.4 Å². The van der Waals surface area contributed by atoms with Crippen LogP contribution in [-0.4, -0.2) is 55.3 Å². The molecule has 1 aromatic rings. The first-order valence-corrected chi connectivity index (χ1v) is 9.21. The maximum Gasteiger partial charge on any atom is 0.410 e. The third-order valence-electron chi connectivity index (χ3n) is 5.28. The molecule has 2 fully saturated rings. The van der Waals surface area contributed by atoms with Crippen molar-refractivity contribution >= 4 is 17.7 Å². The van der Waals surface area contributed by atoms with Crippen molar-refractivity contribution in [1.29, 1.82) is 0 Å². The average Bonchev–Trinajstić information content (AvgIpc) is 3.29. The normalized spacial score (nSPS) is 23.6. The van der Waals surface area contributed by atoms with Crippen molar-refractivity contribution in [2.45, 2.75) is 31.7 Å². The minimum atomic E-state index is -0.257. The molecular weight excluding hydrogens is 328 g/mol. The van der Waals surface area contributed by atoms with Crippen LogP contribution in [-0.2, 0) is 11.2 Å². The van der Waals surface area contributed by atoms with Crippen molar-refractivity contribution in [2.75, 3.05) is 39.4 Å². The molecule has 0 aromatic heterocycles. The highest BCUT2D eigenvalue weighted by atomic mass is 35.5. The van der Waals surface area contributed by atoms with E-state index < -0.39 is 0 Å². The van der Waals surface area contributed by atoms with Crippen LogP contribution in [0.15, 0.2) is 12.1 Å². The molecule has 1 unspecified atom stereocenters. The lowest BCUT2D eigenvalue weighted by atomic mass is 10.1. The van der Waals surface area contributed by atoms with Gasteiger partial charge in [0.15, 0.2) is 0 Å². The summed E-state index contributed by atoms with van der Waals surface area (Å²) >= 11 is 6.46. The van der Waals surface area contributed by atoms with Crippen LogP contribution in [0.1, 0.15) is 36.4 Å². The number of hydrogen-bond acceptors (Lipinski definition) is 4. The summed E-state index contributed by atoms with van der Waals surface area (Å²) in [6.45, 7) is 4.47. The Hall–Kier alpha value is -1.46. The van der Waals surface area contributed by atoms with Crippen LogP contribution < -0.4 is 4.74 Å². The van der Waals surface area contributed by atoms with Crippen LogP contribution in [0.3, 0.4) is 0 Å². The van der Waals surface area contributed by atoms with E-state index in [9.17, 15) is 4.79 Å². The second-order valence-corrected chi connectivity index (χ2v) is 7.14. The fourth-order valence-corrected chi connectivity index (χ4v) is 4.25. The fraction of sp³-hybridized carbons (Fsp3) is 0.611. The largest absolute Gasteiger partial charge is 0.490 e. The predicted molar refractivity (Wildman–Crippen MR) is 91.7 cm³/mol. The van der Waals surface area contributed by atoms with Gasteiger partial charge in [0, 0.05) is 6.04 Å². The molecule has 2 saturated heterocycles. The van der Waals surface area contributed by atoms with Crippen molar-refractivity contribution in [3.8, 4) is 5.75 Å². The number of cyclic esters (lactones) is 1. The van der Waals surface area contributed by atoms with Gasteiger partial charge >= 0.3 is 6.09 Å². The standard InChI is InChI=1S/C18H23ClN2O3/c19-15-12-14-13(3-4-16(14)20-5-1-2-6-20)11-17(15)23-9-7-21-8-10-24-18(21)22/h11-12,16H,1-10H2. The van der Waals surface area contributed by atoms with Crippen molar-refractivity contribution in [2.24, 2.45) is 0 Å². The zero-order valence-corrected chi connectivity index (χ0v) is 14.6. The molecule has 0 bridgehead atoms. The molecule has 1 aliphatic carbocycles. The van der Waals surface area contributed by atoms with E-state index in [1.807, 2.05) is 0 Å². The first-order chi connectivity index (χ1) is 11.7. The van der Waals surface area contributed by atoms with Crippen molar-refractivity contribution in [1.82, 2.24) is 9.80 Å². The molecule has 0 N–H and O–H groups in total.